The van der Waals surface area contributed by atoms with Crippen LogP contribution in [0.2, 0.25) is 10.0 Å². The van der Waals surface area contributed by atoms with Gasteiger partial charge in [0.15, 0.2) is 0 Å². The number of ether oxygens (including phenoxy) is 1. The molecule has 5 rings (SSSR count). The molecule has 0 bridgehead atoms. The average Bonchev–Trinajstić information content (AvgIpc) is 3.42. The number of nitrogens with one attached hydrogen (secondary N) is 1. The number of hydrogen-bond donors (Lipinski definition) is 2. The summed E-state index contributed by atoms with van der Waals surface area (Å²) in [5.41, 5.74) is 6.14. The van der Waals surface area contributed by atoms with Gasteiger partial charge in [0.1, 0.15) is 6.61 Å². The Morgan fingerprint density at radius 1 is 0.971 bits per heavy atom. The van der Waals surface area contributed by atoms with Crippen molar-refractivity contribution in [3.8, 4) is 11.1 Å². The van der Waals surface area contributed by atoms with Crippen molar-refractivity contribution in [3.05, 3.63) is 93.6 Å². The van der Waals surface area contributed by atoms with Crippen molar-refractivity contribution in [2.75, 3.05) is 6.61 Å². The summed E-state index contributed by atoms with van der Waals surface area (Å²) in [5.74, 6) is -2.16. The molecule has 0 saturated heterocycles. The minimum absolute atomic E-state index is 0.0177. The minimum atomic E-state index is -0.969. The van der Waals surface area contributed by atoms with Gasteiger partial charge in [0, 0.05) is 29.4 Å². The lowest BCUT2D eigenvalue weighted by Crippen LogP contribution is -2.19. The standard InChI is InChI=1S/C28H23Cl2NO4/c29-23-10-11-24-26(27(23)30)17(14-31-24)13-16(28(33)34)9-12-25(32)35-15-22-20-7-3-1-5-18(20)19-6-2-4-8-21(19)22/h1-8,10-11,14,16,22,31H,9,12-13,15H2,(H,33,34)/t16-/m0/s1. The summed E-state index contributed by atoms with van der Waals surface area (Å²) in [6.07, 6.45) is 2.16. The number of aromatic nitrogens is 1. The molecular formula is C28H23Cl2NO4. The number of esters is 1. The molecule has 1 aliphatic rings. The van der Waals surface area contributed by atoms with Crippen LogP contribution in [0.4, 0.5) is 0 Å². The maximum absolute atomic E-state index is 12.6. The van der Waals surface area contributed by atoms with Gasteiger partial charge in [-0.2, -0.15) is 0 Å². The summed E-state index contributed by atoms with van der Waals surface area (Å²) < 4.78 is 5.63. The van der Waals surface area contributed by atoms with Crippen molar-refractivity contribution in [3.63, 3.8) is 0 Å². The van der Waals surface area contributed by atoms with Crippen LogP contribution in [0.3, 0.4) is 0 Å². The van der Waals surface area contributed by atoms with Crippen molar-refractivity contribution >= 4 is 46.0 Å². The van der Waals surface area contributed by atoms with E-state index in [2.05, 4.69) is 29.2 Å². The molecule has 3 aromatic carbocycles. The second kappa shape index (κ2) is 9.76. The molecule has 35 heavy (non-hydrogen) atoms. The molecule has 0 amide bonds. The molecule has 1 heterocycles. The Labute approximate surface area is 212 Å². The maximum Gasteiger partial charge on any atom is 0.306 e. The highest BCUT2D eigenvalue weighted by Gasteiger charge is 2.29. The number of H-pyrrole nitrogens is 1. The van der Waals surface area contributed by atoms with Gasteiger partial charge >= 0.3 is 11.9 Å². The Morgan fingerprint density at radius 2 is 1.63 bits per heavy atom. The fourth-order valence-corrected chi connectivity index (χ4v) is 5.38. The smallest absolute Gasteiger partial charge is 0.306 e. The molecule has 1 aromatic heterocycles. The molecule has 1 aliphatic carbocycles. The van der Waals surface area contributed by atoms with Crippen LogP contribution in [-0.2, 0) is 20.7 Å². The Morgan fingerprint density at radius 3 is 2.29 bits per heavy atom. The van der Waals surface area contributed by atoms with Crippen LogP contribution in [0.15, 0.2) is 66.9 Å². The second-order valence-corrected chi connectivity index (χ2v) is 9.57. The number of benzene rings is 3. The van der Waals surface area contributed by atoms with Crippen LogP contribution in [0, 0.1) is 5.92 Å². The lowest BCUT2D eigenvalue weighted by atomic mass is 9.94. The minimum Gasteiger partial charge on any atom is -0.481 e. The zero-order chi connectivity index (χ0) is 24.5. The fourth-order valence-electron chi connectivity index (χ4n) is 4.94. The van der Waals surface area contributed by atoms with Crippen LogP contribution in [-0.4, -0.2) is 28.6 Å². The van der Waals surface area contributed by atoms with Crippen molar-refractivity contribution in [1.29, 1.82) is 0 Å². The fraction of sp³-hybridized carbons (Fsp3) is 0.214. The van der Waals surface area contributed by atoms with Gasteiger partial charge in [-0.25, -0.2) is 0 Å². The zero-order valence-corrected chi connectivity index (χ0v) is 20.3. The molecule has 5 nitrogen and oxygen atoms in total. The monoisotopic (exact) mass is 507 g/mol. The van der Waals surface area contributed by atoms with Gasteiger partial charge in [0.25, 0.3) is 0 Å². The van der Waals surface area contributed by atoms with Gasteiger partial charge in [-0.15, -0.1) is 0 Å². The number of carboxylic acid groups (broad SMARTS) is 1. The number of carbonyl (C=O) groups excluding carboxylic acids is 1. The van der Waals surface area contributed by atoms with Crippen LogP contribution in [0.25, 0.3) is 22.0 Å². The summed E-state index contributed by atoms with van der Waals surface area (Å²) >= 11 is 12.5. The van der Waals surface area contributed by atoms with E-state index in [1.807, 2.05) is 24.3 Å². The number of carbonyl (C=O) groups is 2. The molecule has 0 spiro atoms. The van der Waals surface area contributed by atoms with Gasteiger partial charge in [-0.3, -0.25) is 9.59 Å². The first kappa shape index (κ1) is 23.5. The molecule has 0 aliphatic heterocycles. The second-order valence-electron chi connectivity index (χ2n) is 8.79. The van der Waals surface area contributed by atoms with Gasteiger partial charge in [-0.05, 0) is 52.8 Å². The van der Waals surface area contributed by atoms with Crippen LogP contribution in [0.1, 0.15) is 35.4 Å². The van der Waals surface area contributed by atoms with E-state index in [0.717, 1.165) is 33.3 Å². The number of hydrogen-bond acceptors (Lipinski definition) is 3. The van der Waals surface area contributed by atoms with Crippen LogP contribution in [0.5, 0.6) is 0 Å². The highest BCUT2D eigenvalue weighted by molar-refractivity contribution is 6.45. The SMILES string of the molecule is O=C(CC[C@@H](Cc1c[nH]c2ccc(Cl)c(Cl)c12)C(=O)O)OCC1c2ccccc2-c2ccccc21. The summed E-state index contributed by atoms with van der Waals surface area (Å²) in [5, 5.41) is 11.3. The Kier molecular flexibility index (Phi) is 6.54. The number of halogens is 2. The molecule has 0 radical (unpaired) electrons. The van der Waals surface area contributed by atoms with Gasteiger partial charge in [0.05, 0.1) is 16.0 Å². The van der Waals surface area contributed by atoms with Gasteiger partial charge < -0.3 is 14.8 Å². The first-order valence-electron chi connectivity index (χ1n) is 11.4. The van der Waals surface area contributed by atoms with Crippen molar-refractivity contribution in [1.82, 2.24) is 4.98 Å². The summed E-state index contributed by atoms with van der Waals surface area (Å²) in [7, 11) is 0. The third kappa shape index (κ3) is 4.54. The third-order valence-corrected chi connectivity index (χ3v) is 7.51. The first-order valence-corrected chi connectivity index (χ1v) is 12.2. The topological polar surface area (TPSA) is 79.4 Å². The Bertz CT molecular complexity index is 1380. The van der Waals surface area contributed by atoms with Crippen molar-refractivity contribution in [2.45, 2.75) is 25.2 Å². The summed E-state index contributed by atoms with van der Waals surface area (Å²) in [6.45, 7) is 0.223. The number of aliphatic carboxylic acids is 1. The van der Waals surface area contributed by atoms with E-state index in [1.54, 1.807) is 18.3 Å². The number of carboxylic acids is 1. The predicted molar refractivity (Wildman–Crippen MR) is 137 cm³/mol. The largest absolute Gasteiger partial charge is 0.481 e. The Hall–Kier alpha value is -3.28. The van der Waals surface area contributed by atoms with Crippen molar-refractivity contribution < 1.29 is 19.4 Å². The van der Waals surface area contributed by atoms with Crippen molar-refractivity contribution in [2.24, 2.45) is 5.92 Å². The molecular weight excluding hydrogens is 485 g/mol. The Balaban J connectivity index is 1.24. The highest BCUT2D eigenvalue weighted by atomic mass is 35.5. The highest BCUT2D eigenvalue weighted by Crippen LogP contribution is 2.44. The molecule has 1 atom stereocenters. The van der Waals surface area contributed by atoms with Crippen LogP contribution < -0.4 is 0 Å². The number of rotatable bonds is 8. The number of aromatic amines is 1. The van der Waals surface area contributed by atoms with E-state index in [1.165, 1.54) is 0 Å². The zero-order valence-electron chi connectivity index (χ0n) is 18.8. The van der Waals surface area contributed by atoms with E-state index in [4.69, 9.17) is 27.9 Å². The summed E-state index contributed by atoms with van der Waals surface area (Å²) in [4.78, 5) is 27.7. The van der Waals surface area contributed by atoms with Gasteiger partial charge in [0.2, 0.25) is 0 Å². The molecule has 2 N–H and O–H groups in total. The predicted octanol–water partition coefficient (Wildman–Crippen LogP) is 6.85. The third-order valence-electron chi connectivity index (χ3n) is 6.70. The molecule has 0 fully saturated rings. The molecule has 7 heteroatoms. The van der Waals surface area contributed by atoms with E-state index in [0.29, 0.717) is 15.4 Å². The average molecular weight is 508 g/mol. The first-order chi connectivity index (χ1) is 16.9. The summed E-state index contributed by atoms with van der Waals surface area (Å²) in [6, 6.07) is 19.8. The van der Waals surface area contributed by atoms with Gasteiger partial charge in [-0.1, -0.05) is 71.7 Å². The molecule has 4 aromatic rings. The number of fused-ring (bicyclic) bond motifs is 4. The lowest BCUT2D eigenvalue weighted by Gasteiger charge is -2.15. The van der Waals surface area contributed by atoms with E-state index < -0.39 is 17.9 Å². The lowest BCUT2D eigenvalue weighted by molar-refractivity contribution is -0.145. The van der Waals surface area contributed by atoms with E-state index in [9.17, 15) is 14.7 Å². The molecule has 0 unspecified atom stereocenters. The van der Waals surface area contributed by atoms with Crippen LogP contribution >= 0.6 is 23.2 Å². The molecule has 178 valence electrons. The molecule has 0 saturated carbocycles. The maximum atomic E-state index is 12.6. The van der Waals surface area contributed by atoms with E-state index >= 15 is 0 Å². The normalized spacial score (nSPS) is 13.4. The van der Waals surface area contributed by atoms with E-state index in [-0.39, 0.29) is 31.8 Å². The quantitative estimate of drug-likeness (QED) is 0.255.